The van der Waals surface area contributed by atoms with Crippen LogP contribution in [0, 0.1) is 0 Å². The zero-order valence-electron chi connectivity index (χ0n) is 6.24. The first-order chi connectivity index (χ1) is 5.65. The molecule has 0 bridgehead atoms. The number of rotatable bonds is 2. The molecule has 12 heavy (non-hydrogen) atoms. The van der Waals surface area contributed by atoms with Gasteiger partial charge in [-0.15, -0.1) is 11.8 Å². The van der Waals surface area contributed by atoms with Gasteiger partial charge < -0.3 is 5.11 Å². The average molecular weight is 204 g/mol. The highest BCUT2D eigenvalue weighted by Crippen LogP contribution is 2.23. The molecule has 0 radical (unpaired) electrons. The molecule has 0 fully saturated rings. The monoisotopic (exact) mass is 203 g/mol. The van der Waals surface area contributed by atoms with Crippen LogP contribution in [0.25, 0.3) is 0 Å². The van der Waals surface area contributed by atoms with Gasteiger partial charge in [0.05, 0.1) is 10.6 Å². The number of hydrogen-bond acceptors (Lipinski definition) is 3. The first kappa shape index (κ1) is 9.35. The molecule has 64 valence electrons. The number of carboxylic acid groups (broad SMARTS) is 1. The van der Waals surface area contributed by atoms with Crippen molar-refractivity contribution in [1.82, 2.24) is 4.98 Å². The molecule has 0 atom stereocenters. The van der Waals surface area contributed by atoms with E-state index in [-0.39, 0.29) is 5.56 Å². The van der Waals surface area contributed by atoms with Gasteiger partial charge in [-0.3, -0.25) is 0 Å². The molecule has 1 heterocycles. The number of aromatic nitrogens is 1. The van der Waals surface area contributed by atoms with Gasteiger partial charge in [-0.1, -0.05) is 11.6 Å². The predicted molar refractivity (Wildman–Crippen MR) is 48.0 cm³/mol. The Morgan fingerprint density at radius 3 is 2.83 bits per heavy atom. The van der Waals surface area contributed by atoms with Crippen LogP contribution in [0.15, 0.2) is 17.3 Å². The van der Waals surface area contributed by atoms with E-state index >= 15 is 0 Å². The largest absolute Gasteiger partial charge is 0.478 e. The molecule has 0 saturated heterocycles. The second kappa shape index (κ2) is 3.78. The Morgan fingerprint density at radius 1 is 1.75 bits per heavy atom. The third kappa shape index (κ3) is 1.89. The minimum absolute atomic E-state index is 0.109. The first-order valence-electron chi connectivity index (χ1n) is 3.08. The van der Waals surface area contributed by atoms with Gasteiger partial charge >= 0.3 is 5.97 Å². The molecule has 1 aromatic rings. The molecule has 0 aliphatic heterocycles. The molecular weight excluding hydrogens is 198 g/mol. The number of pyridine rings is 1. The summed E-state index contributed by atoms with van der Waals surface area (Å²) in [5, 5.41) is 9.59. The number of aromatic carboxylic acids is 1. The van der Waals surface area contributed by atoms with Crippen molar-refractivity contribution in [3.63, 3.8) is 0 Å². The Labute approximate surface area is 78.8 Å². The zero-order valence-corrected chi connectivity index (χ0v) is 7.82. The summed E-state index contributed by atoms with van der Waals surface area (Å²) in [4.78, 5) is 14.3. The molecule has 0 spiro atoms. The molecule has 1 aromatic heterocycles. The quantitative estimate of drug-likeness (QED) is 0.749. The van der Waals surface area contributed by atoms with Crippen LogP contribution in [-0.2, 0) is 0 Å². The van der Waals surface area contributed by atoms with Crippen LogP contribution in [0.5, 0.6) is 0 Å². The third-order valence-electron chi connectivity index (χ3n) is 1.25. The van der Waals surface area contributed by atoms with Gasteiger partial charge in [0.25, 0.3) is 0 Å². The Hall–Kier alpha value is -0.740. The van der Waals surface area contributed by atoms with E-state index in [0.717, 1.165) is 0 Å². The third-order valence-corrected chi connectivity index (χ3v) is 2.36. The highest BCUT2D eigenvalue weighted by atomic mass is 35.5. The van der Waals surface area contributed by atoms with Crippen molar-refractivity contribution >= 4 is 29.3 Å². The van der Waals surface area contributed by atoms with Crippen LogP contribution in [0.2, 0.25) is 5.02 Å². The van der Waals surface area contributed by atoms with E-state index in [1.165, 1.54) is 24.0 Å². The maximum Gasteiger partial charge on any atom is 0.337 e. The molecule has 1 N–H and O–H groups in total. The van der Waals surface area contributed by atoms with Gasteiger partial charge in [0.1, 0.15) is 5.03 Å². The van der Waals surface area contributed by atoms with Crippen LogP contribution >= 0.6 is 23.4 Å². The highest BCUT2D eigenvalue weighted by Gasteiger charge is 2.06. The van der Waals surface area contributed by atoms with Gasteiger partial charge in [0, 0.05) is 6.20 Å². The average Bonchev–Trinajstić information content (AvgIpc) is 2.04. The fourth-order valence-corrected chi connectivity index (χ4v) is 1.50. The SMILES string of the molecule is CSc1ncc(C(=O)O)cc1Cl. The van der Waals surface area contributed by atoms with E-state index in [1.54, 1.807) is 0 Å². The van der Waals surface area contributed by atoms with Crippen LogP contribution < -0.4 is 0 Å². The lowest BCUT2D eigenvalue weighted by Gasteiger charge is -1.99. The summed E-state index contributed by atoms with van der Waals surface area (Å²) < 4.78 is 0. The predicted octanol–water partition coefficient (Wildman–Crippen LogP) is 2.16. The topological polar surface area (TPSA) is 50.2 Å². The van der Waals surface area contributed by atoms with Crippen LogP contribution in [-0.4, -0.2) is 22.3 Å². The minimum Gasteiger partial charge on any atom is -0.478 e. The van der Waals surface area contributed by atoms with Crippen LogP contribution in [0.3, 0.4) is 0 Å². The number of hydrogen-bond donors (Lipinski definition) is 1. The second-order valence-corrected chi connectivity index (χ2v) is 3.22. The molecule has 5 heteroatoms. The number of carbonyl (C=O) groups is 1. The highest BCUT2D eigenvalue weighted by molar-refractivity contribution is 7.98. The van der Waals surface area contributed by atoms with Crippen molar-refractivity contribution in [2.24, 2.45) is 0 Å². The van der Waals surface area contributed by atoms with E-state index in [9.17, 15) is 4.79 Å². The summed E-state index contributed by atoms with van der Waals surface area (Å²) in [5.74, 6) is -1.02. The lowest BCUT2D eigenvalue weighted by Crippen LogP contribution is -1.97. The molecule has 0 aliphatic rings. The van der Waals surface area contributed by atoms with Crippen molar-refractivity contribution in [1.29, 1.82) is 0 Å². The summed E-state index contributed by atoms with van der Waals surface area (Å²) in [6, 6.07) is 1.39. The smallest absolute Gasteiger partial charge is 0.337 e. The van der Waals surface area contributed by atoms with E-state index in [1.807, 2.05) is 6.26 Å². The van der Waals surface area contributed by atoms with Crippen LogP contribution in [0.4, 0.5) is 0 Å². The molecular formula is C7H6ClNO2S. The lowest BCUT2D eigenvalue weighted by molar-refractivity contribution is 0.0696. The Morgan fingerprint density at radius 2 is 2.42 bits per heavy atom. The second-order valence-electron chi connectivity index (χ2n) is 2.02. The Balaban J connectivity index is 3.10. The molecule has 0 saturated carbocycles. The number of halogens is 1. The van der Waals surface area contributed by atoms with Gasteiger partial charge in [-0.25, -0.2) is 9.78 Å². The Bertz CT molecular complexity index is 316. The molecule has 0 amide bonds. The van der Waals surface area contributed by atoms with E-state index in [0.29, 0.717) is 10.0 Å². The summed E-state index contributed by atoms with van der Waals surface area (Å²) in [6.07, 6.45) is 3.12. The first-order valence-corrected chi connectivity index (χ1v) is 4.68. The van der Waals surface area contributed by atoms with E-state index in [2.05, 4.69) is 4.98 Å². The summed E-state index contributed by atoms with van der Waals surface area (Å²) in [7, 11) is 0. The number of thioether (sulfide) groups is 1. The number of nitrogens with zero attached hydrogens (tertiary/aromatic N) is 1. The zero-order chi connectivity index (χ0) is 9.14. The van der Waals surface area contributed by atoms with Crippen LogP contribution in [0.1, 0.15) is 10.4 Å². The molecule has 0 unspecified atom stereocenters. The van der Waals surface area contributed by atoms with Gasteiger partial charge in [-0.05, 0) is 12.3 Å². The maximum absolute atomic E-state index is 10.4. The molecule has 1 rings (SSSR count). The fraction of sp³-hybridized carbons (Fsp3) is 0.143. The minimum atomic E-state index is -1.02. The Kier molecular flexibility index (Phi) is 2.94. The standard InChI is InChI=1S/C7H6ClNO2S/c1-12-6-5(8)2-4(3-9-6)7(10)11/h2-3H,1H3,(H,10,11). The van der Waals surface area contributed by atoms with Crippen molar-refractivity contribution in [2.75, 3.05) is 6.26 Å². The summed E-state index contributed by atoms with van der Waals surface area (Å²) in [6.45, 7) is 0. The van der Waals surface area contributed by atoms with Gasteiger partial charge in [0.2, 0.25) is 0 Å². The van der Waals surface area contributed by atoms with Crippen molar-refractivity contribution in [3.8, 4) is 0 Å². The van der Waals surface area contributed by atoms with Gasteiger partial charge in [-0.2, -0.15) is 0 Å². The lowest BCUT2D eigenvalue weighted by atomic mass is 10.3. The molecule has 3 nitrogen and oxygen atoms in total. The molecule has 0 aliphatic carbocycles. The maximum atomic E-state index is 10.4. The fourth-order valence-electron chi connectivity index (χ4n) is 0.693. The van der Waals surface area contributed by atoms with E-state index in [4.69, 9.17) is 16.7 Å². The van der Waals surface area contributed by atoms with Gasteiger partial charge in [0.15, 0.2) is 0 Å². The molecule has 0 aromatic carbocycles. The summed E-state index contributed by atoms with van der Waals surface area (Å²) >= 11 is 7.11. The van der Waals surface area contributed by atoms with Crippen molar-refractivity contribution in [2.45, 2.75) is 5.03 Å². The van der Waals surface area contributed by atoms with Crippen molar-refractivity contribution in [3.05, 3.63) is 22.8 Å². The normalized spacial score (nSPS) is 9.83. The number of carboxylic acids is 1. The van der Waals surface area contributed by atoms with E-state index < -0.39 is 5.97 Å². The summed E-state index contributed by atoms with van der Waals surface area (Å²) in [5.41, 5.74) is 0.109. The van der Waals surface area contributed by atoms with Crippen molar-refractivity contribution < 1.29 is 9.90 Å².